The number of rotatable bonds is 3. The minimum atomic E-state index is 0.00601. The number of aromatic nitrogens is 2. The maximum Gasteiger partial charge on any atom is 0.274 e. The molecular weight excluding hydrogens is 308 g/mol. The number of ether oxygens (including phenoxy) is 1. The maximum atomic E-state index is 12.8. The van der Waals surface area contributed by atoms with E-state index in [1.54, 1.807) is 0 Å². The molecule has 0 spiro atoms. The Balaban J connectivity index is 1.50. The number of nitrogens with zero attached hydrogens (tertiary/aromatic N) is 3. The number of hydrogen-bond acceptors (Lipinski definition) is 5. The topological polar surface area (TPSA) is 74.6 Å². The van der Waals surface area contributed by atoms with Crippen molar-refractivity contribution in [2.75, 3.05) is 32.8 Å². The molecule has 7 nitrogen and oxygen atoms in total. The van der Waals surface area contributed by atoms with Crippen LogP contribution >= 0.6 is 0 Å². The van der Waals surface area contributed by atoms with Gasteiger partial charge in [-0.15, -0.1) is 0 Å². The van der Waals surface area contributed by atoms with Crippen molar-refractivity contribution in [3.63, 3.8) is 0 Å². The highest BCUT2D eigenvalue weighted by molar-refractivity contribution is 5.94. The Bertz CT molecular complexity index is 730. The number of hydrogen-bond donors (Lipinski definition) is 1. The first-order valence-electron chi connectivity index (χ1n) is 8.41. The molecule has 0 saturated carbocycles. The zero-order chi connectivity index (χ0) is 16.5. The van der Waals surface area contributed by atoms with E-state index in [9.17, 15) is 4.79 Å². The molecule has 0 unspecified atom stereocenters. The van der Waals surface area contributed by atoms with Crippen molar-refractivity contribution in [2.45, 2.75) is 26.4 Å². The zero-order valence-electron chi connectivity index (χ0n) is 13.9. The molecule has 0 atom stereocenters. The molecule has 0 bridgehead atoms. The van der Waals surface area contributed by atoms with Gasteiger partial charge < -0.3 is 14.1 Å². The lowest BCUT2D eigenvalue weighted by Gasteiger charge is -2.28. The van der Waals surface area contributed by atoms with E-state index in [1.165, 1.54) is 0 Å². The number of fused-ring (bicyclic) bond motifs is 1. The van der Waals surface area contributed by atoms with Crippen molar-refractivity contribution in [1.29, 1.82) is 0 Å². The number of aromatic amines is 1. The number of aryl methyl sites for hydroxylation is 1. The number of H-pyrrole nitrogens is 1. The van der Waals surface area contributed by atoms with Gasteiger partial charge in [0.15, 0.2) is 5.69 Å². The Morgan fingerprint density at radius 1 is 1.29 bits per heavy atom. The molecular formula is C17H22N4O3. The maximum absolute atomic E-state index is 12.8. The smallest absolute Gasteiger partial charge is 0.274 e. The Morgan fingerprint density at radius 2 is 2.12 bits per heavy atom. The molecule has 4 rings (SSSR count). The zero-order valence-corrected chi connectivity index (χ0v) is 13.9. The number of morpholine rings is 1. The number of carbonyl (C=O) groups excluding carboxylic acids is 1. The summed E-state index contributed by atoms with van der Waals surface area (Å²) in [6, 6.07) is 4.00. The molecule has 0 aromatic carbocycles. The van der Waals surface area contributed by atoms with E-state index in [1.807, 2.05) is 24.0 Å². The summed E-state index contributed by atoms with van der Waals surface area (Å²) in [5, 5.41) is 7.37. The van der Waals surface area contributed by atoms with Crippen LogP contribution in [0.5, 0.6) is 0 Å². The van der Waals surface area contributed by atoms with Gasteiger partial charge in [-0.25, -0.2) is 0 Å². The molecule has 1 N–H and O–H groups in total. The molecule has 1 saturated heterocycles. The van der Waals surface area contributed by atoms with Crippen molar-refractivity contribution >= 4 is 5.91 Å². The second-order valence-electron chi connectivity index (χ2n) is 6.41. The molecule has 2 aliphatic heterocycles. The number of amides is 1. The predicted molar refractivity (Wildman–Crippen MR) is 86.6 cm³/mol. The van der Waals surface area contributed by atoms with E-state index in [4.69, 9.17) is 9.15 Å². The van der Waals surface area contributed by atoms with Crippen molar-refractivity contribution in [2.24, 2.45) is 0 Å². The van der Waals surface area contributed by atoms with Crippen LogP contribution in [0.25, 0.3) is 0 Å². The SMILES string of the molecule is Cc1ccc(CN2CCc3[nH]nc(C(=O)N4CCOCC4)c3C2)o1. The van der Waals surface area contributed by atoms with E-state index < -0.39 is 0 Å². The summed E-state index contributed by atoms with van der Waals surface area (Å²) in [7, 11) is 0. The number of furan rings is 1. The number of nitrogens with one attached hydrogen (secondary N) is 1. The standard InChI is InChI=1S/C17H22N4O3/c1-12-2-3-13(24-12)10-20-5-4-15-14(11-20)16(19-18-15)17(22)21-6-8-23-9-7-21/h2-3H,4-11H2,1H3,(H,18,19). The summed E-state index contributed by atoms with van der Waals surface area (Å²) in [5.74, 6) is 1.89. The minimum absolute atomic E-state index is 0.00601. The number of carbonyl (C=O) groups is 1. The van der Waals surface area contributed by atoms with Crippen LogP contribution in [-0.2, 0) is 24.2 Å². The summed E-state index contributed by atoms with van der Waals surface area (Å²) in [4.78, 5) is 16.9. The van der Waals surface area contributed by atoms with Gasteiger partial charge in [-0.05, 0) is 19.1 Å². The van der Waals surface area contributed by atoms with Crippen LogP contribution in [0.4, 0.5) is 0 Å². The van der Waals surface area contributed by atoms with Crippen LogP contribution in [0, 0.1) is 6.92 Å². The van der Waals surface area contributed by atoms with Crippen LogP contribution in [0.3, 0.4) is 0 Å². The van der Waals surface area contributed by atoms with Gasteiger partial charge in [0, 0.05) is 43.9 Å². The quantitative estimate of drug-likeness (QED) is 0.919. The molecule has 128 valence electrons. The lowest BCUT2D eigenvalue weighted by molar-refractivity contribution is 0.0297. The van der Waals surface area contributed by atoms with Gasteiger partial charge in [-0.3, -0.25) is 14.8 Å². The van der Waals surface area contributed by atoms with Crippen LogP contribution in [0.1, 0.15) is 33.3 Å². The van der Waals surface area contributed by atoms with E-state index >= 15 is 0 Å². The second kappa shape index (κ2) is 6.41. The summed E-state index contributed by atoms with van der Waals surface area (Å²) in [6.07, 6.45) is 0.873. The normalized spacial score (nSPS) is 18.6. The van der Waals surface area contributed by atoms with Crippen molar-refractivity contribution in [3.05, 3.63) is 40.6 Å². The van der Waals surface area contributed by atoms with Gasteiger partial charge in [0.05, 0.1) is 19.8 Å². The highest BCUT2D eigenvalue weighted by atomic mass is 16.5. The molecule has 1 fully saturated rings. The lowest BCUT2D eigenvalue weighted by atomic mass is 10.0. The Morgan fingerprint density at radius 3 is 2.88 bits per heavy atom. The van der Waals surface area contributed by atoms with Crippen LogP contribution < -0.4 is 0 Å². The average Bonchev–Trinajstić information content (AvgIpc) is 3.21. The lowest BCUT2D eigenvalue weighted by Crippen LogP contribution is -2.41. The Hall–Kier alpha value is -2.12. The van der Waals surface area contributed by atoms with Gasteiger partial charge in [0.25, 0.3) is 5.91 Å². The molecule has 1 amide bonds. The third kappa shape index (κ3) is 2.97. The first-order valence-corrected chi connectivity index (χ1v) is 8.41. The molecule has 0 aliphatic carbocycles. The molecule has 2 aliphatic rings. The second-order valence-corrected chi connectivity index (χ2v) is 6.41. The summed E-state index contributed by atoms with van der Waals surface area (Å²) in [6.45, 7) is 6.82. The largest absolute Gasteiger partial charge is 0.465 e. The van der Waals surface area contributed by atoms with E-state index in [-0.39, 0.29) is 5.91 Å². The average molecular weight is 330 g/mol. The summed E-state index contributed by atoms with van der Waals surface area (Å²) in [5.41, 5.74) is 2.67. The molecule has 0 radical (unpaired) electrons. The molecule has 2 aromatic heterocycles. The third-order valence-electron chi connectivity index (χ3n) is 4.69. The van der Waals surface area contributed by atoms with Crippen molar-refractivity contribution in [1.82, 2.24) is 20.0 Å². The highest BCUT2D eigenvalue weighted by Gasteiger charge is 2.29. The van der Waals surface area contributed by atoms with Gasteiger partial charge in [-0.1, -0.05) is 0 Å². The first kappa shape index (κ1) is 15.4. The van der Waals surface area contributed by atoms with Crippen molar-refractivity contribution in [3.8, 4) is 0 Å². The van der Waals surface area contributed by atoms with Crippen LogP contribution in [0.15, 0.2) is 16.5 Å². The molecule has 7 heteroatoms. The molecule has 24 heavy (non-hydrogen) atoms. The van der Waals surface area contributed by atoms with Crippen LogP contribution in [0.2, 0.25) is 0 Å². The van der Waals surface area contributed by atoms with Gasteiger partial charge in [-0.2, -0.15) is 5.10 Å². The predicted octanol–water partition coefficient (Wildman–Crippen LogP) is 1.34. The summed E-state index contributed by atoms with van der Waals surface area (Å²) >= 11 is 0. The molecule has 2 aromatic rings. The monoisotopic (exact) mass is 330 g/mol. The van der Waals surface area contributed by atoms with E-state index in [0.29, 0.717) is 32.0 Å². The fourth-order valence-electron chi connectivity index (χ4n) is 3.37. The van der Waals surface area contributed by atoms with Gasteiger partial charge in [0.1, 0.15) is 11.5 Å². The third-order valence-corrected chi connectivity index (χ3v) is 4.69. The van der Waals surface area contributed by atoms with Crippen LogP contribution in [-0.4, -0.2) is 58.8 Å². The van der Waals surface area contributed by atoms with E-state index in [2.05, 4.69) is 15.1 Å². The van der Waals surface area contributed by atoms with Gasteiger partial charge >= 0.3 is 0 Å². The minimum Gasteiger partial charge on any atom is -0.465 e. The molecule has 4 heterocycles. The summed E-state index contributed by atoms with van der Waals surface area (Å²) < 4.78 is 11.0. The Kier molecular flexibility index (Phi) is 4.12. The Labute approximate surface area is 140 Å². The van der Waals surface area contributed by atoms with E-state index in [0.717, 1.165) is 48.8 Å². The highest BCUT2D eigenvalue weighted by Crippen LogP contribution is 2.23. The van der Waals surface area contributed by atoms with Crippen molar-refractivity contribution < 1.29 is 13.9 Å². The first-order chi connectivity index (χ1) is 11.7. The fraction of sp³-hybridized carbons (Fsp3) is 0.529. The van der Waals surface area contributed by atoms with Gasteiger partial charge in [0.2, 0.25) is 0 Å². The fourth-order valence-corrected chi connectivity index (χ4v) is 3.37.